The minimum atomic E-state index is -3.35. The van der Waals surface area contributed by atoms with E-state index in [4.69, 9.17) is 4.74 Å². The Kier molecular flexibility index (Phi) is 5.28. The number of para-hydroxylation sites is 1. The number of benzene rings is 2. The molecule has 0 aliphatic carbocycles. The van der Waals surface area contributed by atoms with Crippen molar-refractivity contribution in [2.24, 2.45) is 0 Å². The number of hydrogen-bond acceptors (Lipinski definition) is 6. The Morgan fingerprint density at radius 2 is 1.90 bits per heavy atom. The highest BCUT2D eigenvalue weighted by atomic mass is 32.2. The fraction of sp³-hybridized carbons (Fsp3) is 0.143. The van der Waals surface area contributed by atoms with Gasteiger partial charge in [0.05, 0.1) is 30.3 Å². The lowest BCUT2D eigenvalue weighted by Crippen LogP contribution is -2.12. The maximum atomic E-state index is 11.6. The fourth-order valence-corrected chi connectivity index (χ4v) is 3.75. The highest BCUT2D eigenvalue weighted by molar-refractivity contribution is 7.92. The molecule has 0 unspecified atom stereocenters. The van der Waals surface area contributed by atoms with E-state index in [0.717, 1.165) is 34.1 Å². The van der Waals surface area contributed by atoms with Crippen molar-refractivity contribution in [3.63, 3.8) is 0 Å². The van der Waals surface area contributed by atoms with Crippen LogP contribution in [0.4, 0.5) is 11.4 Å². The van der Waals surface area contributed by atoms with Gasteiger partial charge in [-0.05, 0) is 35.9 Å². The van der Waals surface area contributed by atoms with Crippen LogP contribution in [0.3, 0.4) is 0 Å². The number of ether oxygens (including phenoxy) is 1. The predicted octanol–water partition coefficient (Wildman–Crippen LogP) is 3.62. The third kappa shape index (κ3) is 4.36. The van der Waals surface area contributed by atoms with Crippen LogP contribution in [-0.2, 0) is 16.6 Å². The molecule has 30 heavy (non-hydrogen) atoms. The van der Waals surface area contributed by atoms with Crippen molar-refractivity contribution >= 4 is 32.3 Å². The van der Waals surface area contributed by atoms with Crippen LogP contribution >= 0.6 is 0 Å². The molecule has 154 valence electrons. The number of hydrogen-bond donors (Lipinski definition) is 3. The first kappa shape index (κ1) is 19.7. The molecule has 8 nitrogen and oxygen atoms in total. The number of sulfonamides is 1. The SMILES string of the molecule is COc1cccc(-c2n[nH]c3ccc(NCc4ccccc4NS(C)(=O)=O)cc23)n1. The quantitative estimate of drug-likeness (QED) is 0.419. The summed E-state index contributed by atoms with van der Waals surface area (Å²) in [7, 11) is -1.78. The van der Waals surface area contributed by atoms with Gasteiger partial charge < -0.3 is 10.1 Å². The van der Waals surface area contributed by atoms with Gasteiger partial charge in [0.15, 0.2) is 0 Å². The van der Waals surface area contributed by atoms with Gasteiger partial charge in [-0.15, -0.1) is 0 Å². The van der Waals surface area contributed by atoms with Gasteiger partial charge in [-0.1, -0.05) is 24.3 Å². The molecule has 3 N–H and O–H groups in total. The zero-order valence-corrected chi connectivity index (χ0v) is 17.3. The van der Waals surface area contributed by atoms with Crippen LogP contribution in [0.2, 0.25) is 0 Å². The van der Waals surface area contributed by atoms with Gasteiger partial charge in [0.2, 0.25) is 15.9 Å². The van der Waals surface area contributed by atoms with Crippen molar-refractivity contribution in [2.75, 3.05) is 23.4 Å². The lowest BCUT2D eigenvalue weighted by molar-refractivity contribution is 0.398. The summed E-state index contributed by atoms with van der Waals surface area (Å²) in [5.74, 6) is 0.521. The first-order valence-corrected chi connectivity index (χ1v) is 11.1. The molecule has 4 aromatic rings. The Balaban J connectivity index is 1.61. The molecule has 2 heterocycles. The molecule has 2 aromatic heterocycles. The number of pyridine rings is 1. The molecule has 2 aromatic carbocycles. The molecule has 0 bridgehead atoms. The third-order valence-corrected chi connectivity index (χ3v) is 5.12. The summed E-state index contributed by atoms with van der Waals surface area (Å²) in [6.45, 7) is 0.453. The van der Waals surface area contributed by atoms with Crippen molar-refractivity contribution < 1.29 is 13.2 Å². The van der Waals surface area contributed by atoms with Gasteiger partial charge in [-0.2, -0.15) is 5.10 Å². The Morgan fingerprint density at radius 1 is 1.07 bits per heavy atom. The monoisotopic (exact) mass is 423 g/mol. The van der Waals surface area contributed by atoms with E-state index < -0.39 is 10.0 Å². The summed E-state index contributed by atoms with van der Waals surface area (Å²) in [5.41, 5.74) is 4.59. The number of rotatable bonds is 7. The average Bonchev–Trinajstić information content (AvgIpc) is 3.15. The topological polar surface area (TPSA) is 109 Å². The molecule has 0 aliphatic rings. The summed E-state index contributed by atoms with van der Waals surface area (Å²) >= 11 is 0. The van der Waals surface area contributed by atoms with E-state index in [1.54, 1.807) is 25.3 Å². The van der Waals surface area contributed by atoms with Crippen LogP contribution in [0.15, 0.2) is 60.7 Å². The van der Waals surface area contributed by atoms with Crippen molar-refractivity contribution in [1.82, 2.24) is 15.2 Å². The lowest BCUT2D eigenvalue weighted by Gasteiger charge is -2.12. The first-order chi connectivity index (χ1) is 14.4. The van der Waals surface area contributed by atoms with Gasteiger partial charge >= 0.3 is 0 Å². The molecule has 0 saturated heterocycles. The molecular weight excluding hydrogens is 402 g/mol. The summed E-state index contributed by atoms with van der Waals surface area (Å²) in [4.78, 5) is 4.46. The molecular formula is C21H21N5O3S. The lowest BCUT2D eigenvalue weighted by atomic mass is 10.1. The average molecular weight is 423 g/mol. The second kappa shape index (κ2) is 8.03. The number of H-pyrrole nitrogens is 1. The van der Waals surface area contributed by atoms with Crippen LogP contribution in [-0.4, -0.2) is 37.0 Å². The smallest absolute Gasteiger partial charge is 0.229 e. The van der Waals surface area contributed by atoms with E-state index in [1.807, 2.05) is 42.5 Å². The summed E-state index contributed by atoms with van der Waals surface area (Å²) < 4.78 is 31.0. The summed E-state index contributed by atoms with van der Waals surface area (Å²) in [6.07, 6.45) is 1.14. The Hall–Kier alpha value is -3.59. The molecule has 0 spiro atoms. The Morgan fingerprint density at radius 3 is 2.70 bits per heavy atom. The summed E-state index contributed by atoms with van der Waals surface area (Å²) in [5, 5.41) is 11.7. The van der Waals surface area contributed by atoms with E-state index >= 15 is 0 Å². The molecule has 0 fully saturated rings. The van der Waals surface area contributed by atoms with Gasteiger partial charge in [0, 0.05) is 23.7 Å². The maximum Gasteiger partial charge on any atom is 0.229 e. The van der Waals surface area contributed by atoms with E-state index in [9.17, 15) is 8.42 Å². The molecule has 0 atom stereocenters. The minimum Gasteiger partial charge on any atom is -0.481 e. The normalized spacial score (nSPS) is 11.4. The number of aromatic amines is 1. The van der Waals surface area contributed by atoms with Gasteiger partial charge in [0.1, 0.15) is 5.69 Å². The highest BCUT2D eigenvalue weighted by Gasteiger charge is 2.12. The summed E-state index contributed by atoms with van der Waals surface area (Å²) in [6, 6.07) is 18.7. The second-order valence-electron chi connectivity index (χ2n) is 6.78. The van der Waals surface area contributed by atoms with Crippen molar-refractivity contribution in [1.29, 1.82) is 0 Å². The van der Waals surface area contributed by atoms with Crippen molar-refractivity contribution in [2.45, 2.75) is 6.54 Å². The Labute approximate surface area is 174 Å². The first-order valence-electron chi connectivity index (χ1n) is 9.22. The zero-order valence-electron chi connectivity index (χ0n) is 16.5. The number of aromatic nitrogens is 3. The van der Waals surface area contributed by atoms with Crippen molar-refractivity contribution in [3.8, 4) is 17.3 Å². The van der Waals surface area contributed by atoms with Crippen LogP contribution < -0.4 is 14.8 Å². The van der Waals surface area contributed by atoms with Gasteiger partial charge in [-0.3, -0.25) is 9.82 Å². The predicted molar refractivity (Wildman–Crippen MR) is 118 cm³/mol. The van der Waals surface area contributed by atoms with Crippen LogP contribution in [0.25, 0.3) is 22.3 Å². The number of fused-ring (bicyclic) bond motifs is 1. The molecule has 4 rings (SSSR count). The highest BCUT2D eigenvalue weighted by Crippen LogP contribution is 2.29. The molecule has 0 amide bonds. The van der Waals surface area contributed by atoms with E-state index in [1.165, 1.54) is 0 Å². The van der Waals surface area contributed by atoms with Crippen molar-refractivity contribution in [3.05, 3.63) is 66.2 Å². The molecule has 0 radical (unpaired) electrons. The molecule has 0 saturated carbocycles. The third-order valence-electron chi connectivity index (χ3n) is 4.53. The fourth-order valence-electron chi connectivity index (χ4n) is 3.15. The number of nitrogens with one attached hydrogen (secondary N) is 3. The van der Waals surface area contributed by atoms with E-state index in [-0.39, 0.29) is 0 Å². The van der Waals surface area contributed by atoms with E-state index in [2.05, 4.69) is 25.2 Å². The second-order valence-corrected chi connectivity index (χ2v) is 8.53. The largest absolute Gasteiger partial charge is 0.481 e. The van der Waals surface area contributed by atoms with Crippen LogP contribution in [0, 0.1) is 0 Å². The van der Waals surface area contributed by atoms with Crippen LogP contribution in [0.1, 0.15) is 5.56 Å². The van der Waals surface area contributed by atoms with Crippen LogP contribution in [0.5, 0.6) is 5.88 Å². The van der Waals surface area contributed by atoms with Gasteiger partial charge in [0.25, 0.3) is 0 Å². The molecule has 0 aliphatic heterocycles. The number of methoxy groups -OCH3 is 1. The number of anilines is 2. The standard InChI is InChI=1S/C21H21N5O3S/c1-29-20-9-5-8-19(23-20)21-16-12-15(10-11-18(16)24-25-21)22-13-14-6-3-4-7-17(14)26-30(2,27)28/h3-12,22,26H,13H2,1-2H3,(H,24,25). The Bertz CT molecular complexity index is 1300. The zero-order chi connectivity index (χ0) is 21.1. The van der Waals surface area contributed by atoms with E-state index in [0.29, 0.717) is 23.8 Å². The van der Waals surface area contributed by atoms with Gasteiger partial charge in [-0.25, -0.2) is 13.4 Å². The minimum absolute atomic E-state index is 0.453. The maximum absolute atomic E-state index is 11.6. The molecule has 9 heteroatoms. The number of nitrogens with zero attached hydrogens (tertiary/aromatic N) is 2.